The van der Waals surface area contributed by atoms with Gasteiger partial charge >= 0.3 is 0 Å². The van der Waals surface area contributed by atoms with E-state index in [1.54, 1.807) is 17.8 Å². The van der Waals surface area contributed by atoms with Gasteiger partial charge in [-0.05, 0) is 48.7 Å². The molecule has 5 rings (SSSR count). The molecule has 0 amide bonds. The first-order valence-electron chi connectivity index (χ1n) is 11.2. The van der Waals surface area contributed by atoms with Crippen LogP contribution in [0.25, 0.3) is 6.08 Å². The van der Waals surface area contributed by atoms with E-state index in [-0.39, 0.29) is 6.04 Å². The summed E-state index contributed by atoms with van der Waals surface area (Å²) in [7, 11) is 0. The molecule has 0 spiro atoms. The van der Waals surface area contributed by atoms with Gasteiger partial charge in [-0.2, -0.15) is 0 Å². The number of carbonyl (C=O) groups is 1. The van der Waals surface area contributed by atoms with Gasteiger partial charge in [-0.3, -0.25) is 4.90 Å². The van der Waals surface area contributed by atoms with Gasteiger partial charge in [-0.25, -0.2) is 0 Å². The summed E-state index contributed by atoms with van der Waals surface area (Å²) in [6, 6.07) is 14.5. The van der Waals surface area contributed by atoms with Gasteiger partial charge in [-0.15, -0.1) is 11.8 Å². The Hall–Kier alpha value is -1.66. The lowest BCUT2D eigenvalue weighted by molar-refractivity contribution is -0.108. The van der Waals surface area contributed by atoms with Crippen molar-refractivity contribution in [2.24, 2.45) is 0 Å². The molecule has 0 radical (unpaired) electrons. The van der Waals surface area contributed by atoms with E-state index in [2.05, 4.69) is 45.0 Å². The van der Waals surface area contributed by atoms with Crippen LogP contribution in [-0.4, -0.2) is 61.7 Å². The fourth-order valence-electron chi connectivity index (χ4n) is 4.72. The number of aldehydes is 1. The zero-order valence-corrected chi connectivity index (χ0v) is 20.3. The highest BCUT2D eigenvalue weighted by molar-refractivity contribution is 8.03. The number of benzene rings is 2. The van der Waals surface area contributed by atoms with Gasteiger partial charge in [0.15, 0.2) is 0 Å². The maximum Gasteiger partial charge on any atom is 0.147 e. The first-order chi connectivity index (χ1) is 15.6. The summed E-state index contributed by atoms with van der Waals surface area (Å²) in [6.45, 7) is 5.13. The van der Waals surface area contributed by atoms with Crippen molar-refractivity contribution in [3.05, 3.63) is 63.0 Å². The van der Waals surface area contributed by atoms with E-state index in [1.165, 1.54) is 24.1 Å². The molecule has 1 atom stereocenters. The Morgan fingerprint density at radius 2 is 1.66 bits per heavy atom. The van der Waals surface area contributed by atoms with Crippen molar-refractivity contribution < 1.29 is 4.79 Å². The second-order valence-electron chi connectivity index (χ2n) is 8.61. The van der Waals surface area contributed by atoms with Gasteiger partial charge in [0.05, 0.1) is 0 Å². The van der Waals surface area contributed by atoms with Crippen LogP contribution in [0.5, 0.6) is 0 Å². The Morgan fingerprint density at radius 1 is 0.938 bits per heavy atom. The average Bonchev–Trinajstić information content (AvgIpc) is 3.64. The Balaban J connectivity index is 1.41. The molecule has 0 bridgehead atoms. The zero-order valence-electron chi connectivity index (χ0n) is 17.9. The maximum absolute atomic E-state index is 12.2. The number of anilines is 2. The minimum Gasteiger partial charge on any atom is -0.368 e. The van der Waals surface area contributed by atoms with Crippen LogP contribution in [0.4, 0.5) is 11.4 Å². The molecule has 2 aromatic rings. The van der Waals surface area contributed by atoms with Crippen LogP contribution < -0.4 is 9.80 Å². The maximum atomic E-state index is 12.2. The molecule has 2 aliphatic heterocycles. The lowest BCUT2D eigenvalue weighted by atomic mass is 10.1. The summed E-state index contributed by atoms with van der Waals surface area (Å²) >= 11 is 14.2. The van der Waals surface area contributed by atoms with Crippen LogP contribution in [0, 0.1) is 0 Å². The SMILES string of the molecule is O=CC1C(=Cc2ccccc2N2CCN(C3CC3)CC2)SCCN1c1cc(Cl)cc(Cl)c1. The summed E-state index contributed by atoms with van der Waals surface area (Å²) in [4.78, 5) is 20.5. The highest BCUT2D eigenvalue weighted by atomic mass is 35.5. The molecule has 2 aromatic carbocycles. The van der Waals surface area contributed by atoms with Crippen LogP contribution in [0.1, 0.15) is 18.4 Å². The summed E-state index contributed by atoms with van der Waals surface area (Å²) in [5.74, 6) is 0.905. The largest absolute Gasteiger partial charge is 0.368 e. The molecule has 3 fully saturated rings. The number of halogens is 2. The van der Waals surface area contributed by atoms with Gasteiger partial charge in [0.1, 0.15) is 12.3 Å². The number of carbonyl (C=O) groups excluding carboxylic acids is 1. The summed E-state index contributed by atoms with van der Waals surface area (Å²) in [6.07, 6.45) is 5.96. The third kappa shape index (κ3) is 4.81. The predicted octanol–water partition coefficient (Wildman–Crippen LogP) is 5.44. The molecule has 0 aromatic heterocycles. The smallest absolute Gasteiger partial charge is 0.147 e. The molecule has 0 N–H and O–H groups in total. The number of para-hydroxylation sites is 1. The van der Waals surface area contributed by atoms with Crippen molar-refractivity contribution in [2.45, 2.75) is 24.9 Å². The molecule has 4 nitrogen and oxygen atoms in total. The number of piperazine rings is 1. The first-order valence-corrected chi connectivity index (χ1v) is 13.0. The van der Waals surface area contributed by atoms with Gasteiger partial charge in [0.2, 0.25) is 0 Å². The van der Waals surface area contributed by atoms with Crippen molar-refractivity contribution in [1.29, 1.82) is 0 Å². The normalized spacial score (nSPS) is 23.6. The van der Waals surface area contributed by atoms with Gasteiger partial charge < -0.3 is 14.6 Å². The Morgan fingerprint density at radius 3 is 2.34 bits per heavy atom. The molecule has 1 unspecified atom stereocenters. The average molecular weight is 488 g/mol. The number of thioether (sulfide) groups is 1. The summed E-state index contributed by atoms with van der Waals surface area (Å²) < 4.78 is 0. The van der Waals surface area contributed by atoms with Crippen LogP contribution in [0.3, 0.4) is 0 Å². The fraction of sp³-hybridized carbons (Fsp3) is 0.400. The molecule has 32 heavy (non-hydrogen) atoms. The number of rotatable bonds is 5. The van der Waals surface area contributed by atoms with E-state index < -0.39 is 0 Å². The van der Waals surface area contributed by atoms with E-state index >= 15 is 0 Å². The third-order valence-corrected chi connectivity index (χ3v) is 8.00. The van der Waals surface area contributed by atoms with Crippen molar-refractivity contribution in [3.8, 4) is 0 Å². The summed E-state index contributed by atoms with van der Waals surface area (Å²) in [5.41, 5.74) is 3.31. The molecule has 2 heterocycles. The van der Waals surface area contributed by atoms with E-state index in [0.29, 0.717) is 10.0 Å². The molecular weight excluding hydrogens is 461 g/mol. The monoisotopic (exact) mass is 487 g/mol. The topological polar surface area (TPSA) is 26.8 Å². The summed E-state index contributed by atoms with van der Waals surface area (Å²) in [5, 5.41) is 1.16. The van der Waals surface area contributed by atoms with Crippen molar-refractivity contribution >= 4 is 58.7 Å². The predicted molar refractivity (Wildman–Crippen MR) is 137 cm³/mol. The molecule has 1 aliphatic carbocycles. The number of hydrogen-bond acceptors (Lipinski definition) is 5. The van der Waals surface area contributed by atoms with Crippen molar-refractivity contribution in [3.63, 3.8) is 0 Å². The number of nitrogens with zero attached hydrogens (tertiary/aromatic N) is 3. The third-order valence-electron chi connectivity index (χ3n) is 6.49. The quantitative estimate of drug-likeness (QED) is 0.523. The highest BCUT2D eigenvalue weighted by Crippen LogP contribution is 2.37. The Bertz CT molecular complexity index is 998. The van der Waals surface area contributed by atoms with Gasteiger partial charge in [0, 0.05) is 70.8 Å². The molecule has 168 valence electrons. The van der Waals surface area contributed by atoms with Crippen LogP contribution in [0.2, 0.25) is 10.0 Å². The van der Waals surface area contributed by atoms with Gasteiger partial charge in [-0.1, -0.05) is 41.4 Å². The van der Waals surface area contributed by atoms with Crippen LogP contribution in [-0.2, 0) is 4.79 Å². The van der Waals surface area contributed by atoms with Crippen LogP contribution in [0.15, 0.2) is 47.4 Å². The van der Waals surface area contributed by atoms with E-state index in [0.717, 1.165) is 61.4 Å². The van der Waals surface area contributed by atoms with Crippen molar-refractivity contribution in [1.82, 2.24) is 4.90 Å². The van der Waals surface area contributed by atoms with E-state index in [9.17, 15) is 4.79 Å². The zero-order chi connectivity index (χ0) is 22.1. The second-order valence-corrected chi connectivity index (χ2v) is 10.7. The Labute approximate surface area is 204 Å². The van der Waals surface area contributed by atoms with E-state index in [1.807, 2.05) is 12.1 Å². The van der Waals surface area contributed by atoms with Crippen LogP contribution >= 0.6 is 35.0 Å². The van der Waals surface area contributed by atoms with Gasteiger partial charge in [0.25, 0.3) is 0 Å². The van der Waals surface area contributed by atoms with E-state index in [4.69, 9.17) is 23.2 Å². The fourth-order valence-corrected chi connectivity index (χ4v) is 6.32. The molecule has 3 aliphatic rings. The minimum absolute atomic E-state index is 0.344. The minimum atomic E-state index is -0.344. The lowest BCUT2D eigenvalue weighted by Gasteiger charge is -2.38. The highest BCUT2D eigenvalue weighted by Gasteiger charge is 2.32. The second kappa shape index (κ2) is 9.68. The van der Waals surface area contributed by atoms with Crippen molar-refractivity contribution in [2.75, 3.05) is 48.3 Å². The first kappa shape index (κ1) is 22.1. The lowest BCUT2D eigenvalue weighted by Crippen LogP contribution is -2.47. The molecular formula is C25H27Cl2N3OS. The number of hydrogen-bond donors (Lipinski definition) is 0. The standard InChI is InChI=1S/C25H27Cl2N3OS/c26-19-14-20(27)16-22(15-19)30-11-12-32-25(24(30)17-31)13-18-3-1-2-4-23(18)29-9-7-28(8-10-29)21-5-6-21/h1-4,13-17,21,24H,5-12H2. The Kier molecular flexibility index (Phi) is 6.70. The molecule has 2 saturated heterocycles. The molecule has 7 heteroatoms. The molecule has 1 saturated carbocycles.